The van der Waals surface area contributed by atoms with Crippen LogP contribution in [0.3, 0.4) is 0 Å². The normalized spacial score (nSPS) is 12.2. The summed E-state index contributed by atoms with van der Waals surface area (Å²) >= 11 is 6.00. The number of carboxylic acids is 1. The molecule has 1 N–H and O–H groups in total. The standard InChI is InChI=1S/C13H17ClO3/c1-8-5-12(17-3)9(2)4-10(8)6-11(14)7-13(15)16/h4-5,11H,6-7H2,1-3H3,(H,15,16). The van der Waals surface area contributed by atoms with Gasteiger partial charge in [-0.2, -0.15) is 0 Å². The maximum absolute atomic E-state index is 10.5. The van der Waals surface area contributed by atoms with Crippen molar-refractivity contribution in [2.24, 2.45) is 0 Å². The molecule has 4 heteroatoms. The van der Waals surface area contributed by atoms with E-state index in [2.05, 4.69) is 0 Å². The molecule has 0 aromatic heterocycles. The fourth-order valence-corrected chi connectivity index (χ4v) is 2.09. The van der Waals surface area contributed by atoms with Gasteiger partial charge in [0.05, 0.1) is 13.5 Å². The first kappa shape index (κ1) is 13.8. The molecule has 0 fully saturated rings. The van der Waals surface area contributed by atoms with Gasteiger partial charge < -0.3 is 9.84 Å². The minimum Gasteiger partial charge on any atom is -0.496 e. The first-order valence-corrected chi connectivity index (χ1v) is 5.87. The summed E-state index contributed by atoms with van der Waals surface area (Å²) in [5.74, 6) is -0.0245. The number of aliphatic carboxylic acids is 1. The molecule has 17 heavy (non-hydrogen) atoms. The minimum atomic E-state index is -0.868. The molecule has 0 radical (unpaired) electrons. The summed E-state index contributed by atoms with van der Waals surface area (Å²) < 4.78 is 5.22. The van der Waals surface area contributed by atoms with Crippen LogP contribution in [0.15, 0.2) is 12.1 Å². The van der Waals surface area contributed by atoms with Gasteiger partial charge in [-0.25, -0.2) is 0 Å². The molecule has 1 atom stereocenters. The van der Waals surface area contributed by atoms with Crippen molar-refractivity contribution in [1.82, 2.24) is 0 Å². The summed E-state index contributed by atoms with van der Waals surface area (Å²) in [6.07, 6.45) is 0.538. The van der Waals surface area contributed by atoms with Gasteiger partial charge in [-0.05, 0) is 43.0 Å². The average Bonchev–Trinajstić information content (AvgIpc) is 2.21. The molecule has 0 saturated heterocycles. The number of carbonyl (C=O) groups is 1. The van der Waals surface area contributed by atoms with E-state index >= 15 is 0 Å². The van der Waals surface area contributed by atoms with Gasteiger partial charge in [-0.3, -0.25) is 4.79 Å². The van der Waals surface area contributed by atoms with E-state index in [1.54, 1.807) is 7.11 Å². The number of hydrogen-bond donors (Lipinski definition) is 1. The maximum atomic E-state index is 10.5. The number of halogens is 1. The van der Waals surface area contributed by atoms with Crippen LogP contribution in [0, 0.1) is 13.8 Å². The highest BCUT2D eigenvalue weighted by atomic mass is 35.5. The van der Waals surface area contributed by atoms with Gasteiger partial charge >= 0.3 is 5.97 Å². The molecule has 0 saturated carbocycles. The highest BCUT2D eigenvalue weighted by Crippen LogP contribution is 2.24. The van der Waals surface area contributed by atoms with Gasteiger partial charge in [0.2, 0.25) is 0 Å². The van der Waals surface area contributed by atoms with E-state index in [9.17, 15) is 4.79 Å². The van der Waals surface area contributed by atoms with Gasteiger partial charge in [0.1, 0.15) is 5.75 Å². The Hall–Kier alpha value is -1.22. The molecule has 0 heterocycles. The minimum absolute atomic E-state index is 0.0218. The summed E-state index contributed by atoms with van der Waals surface area (Å²) in [7, 11) is 1.64. The van der Waals surface area contributed by atoms with Crippen LogP contribution in [-0.4, -0.2) is 23.6 Å². The number of carboxylic acid groups (broad SMARTS) is 1. The Kier molecular flexibility index (Phi) is 4.82. The number of aryl methyl sites for hydroxylation is 2. The summed E-state index contributed by atoms with van der Waals surface area (Å²) in [6.45, 7) is 3.93. The van der Waals surface area contributed by atoms with Crippen LogP contribution in [0.25, 0.3) is 0 Å². The first-order chi connectivity index (χ1) is 7.93. The Morgan fingerprint density at radius 2 is 2.06 bits per heavy atom. The van der Waals surface area contributed by atoms with Gasteiger partial charge in [0, 0.05) is 5.38 Å². The predicted octanol–water partition coefficient (Wildman–Crippen LogP) is 2.94. The lowest BCUT2D eigenvalue weighted by Gasteiger charge is -2.13. The fourth-order valence-electron chi connectivity index (χ4n) is 1.79. The third-order valence-electron chi connectivity index (χ3n) is 2.69. The topological polar surface area (TPSA) is 46.5 Å². The highest BCUT2D eigenvalue weighted by molar-refractivity contribution is 6.21. The van der Waals surface area contributed by atoms with Crippen molar-refractivity contribution in [2.75, 3.05) is 7.11 Å². The van der Waals surface area contributed by atoms with Crippen LogP contribution >= 0.6 is 11.6 Å². The Labute approximate surface area is 106 Å². The second-order valence-electron chi connectivity index (χ2n) is 4.15. The smallest absolute Gasteiger partial charge is 0.304 e. The Bertz CT molecular complexity index is 415. The number of alkyl halides is 1. The Balaban J connectivity index is 2.84. The molecule has 0 aliphatic rings. The number of methoxy groups -OCH3 is 1. The van der Waals surface area contributed by atoms with E-state index in [0.29, 0.717) is 6.42 Å². The first-order valence-electron chi connectivity index (χ1n) is 5.44. The largest absolute Gasteiger partial charge is 0.496 e. The van der Waals surface area contributed by atoms with Crippen LogP contribution in [0.2, 0.25) is 0 Å². The lowest BCUT2D eigenvalue weighted by Crippen LogP contribution is -2.11. The monoisotopic (exact) mass is 256 g/mol. The van der Waals surface area contributed by atoms with Crippen molar-refractivity contribution < 1.29 is 14.6 Å². The number of ether oxygens (including phenoxy) is 1. The Morgan fingerprint density at radius 1 is 1.41 bits per heavy atom. The van der Waals surface area contributed by atoms with E-state index in [4.69, 9.17) is 21.4 Å². The second kappa shape index (κ2) is 5.92. The van der Waals surface area contributed by atoms with Crippen LogP contribution in [-0.2, 0) is 11.2 Å². The molecule has 0 aliphatic heterocycles. The number of rotatable bonds is 5. The van der Waals surface area contributed by atoms with E-state index in [0.717, 1.165) is 22.4 Å². The van der Waals surface area contributed by atoms with Crippen LogP contribution in [0.5, 0.6) is 5.75 Å². The SMILES string of the molecule is COc1cc(C)c(CC(Cl)CC(=O)O)cc1C. The van der Waals surface area contributed by atoms with Gasteiger partial charge in [0.25, 0.3) is 0 Å². The Morgan fingerprint density at radius 3 is 2.59 bits per heavy atom. The number of hydrogen-bond acceptors (Lipinski definition) is 2. The molecule has 0 aliphatic carbocycles. The zero-order valence-corrected chi connectivity index (χ0v) is 11.0. The quantitative estimate of drug-likeness (QED) is 0.824. The fraction of sp³-hybridized carbons (Fsp3) is 0.462. The summed E-state index contributed by atoms with van der Waals surface area (Å²) in [6, 6.07) is 3.96. The van der Waals surface area contributed by atoms with Crippen molar-refractivity contribution >= 4 is 17.6 Å². The van der Waals surface area contributed by atoms with Crippen molar-refractivity contribution in [2.45, 2.75) is 32.1 Å². The van der Waals surface area contributed by atoms with Crippen molar-refractivity contribution in [3.63, 3.8) is 0 Å². The maximum Gasteiger partial charge on any atom is 0.304 e. The zero-order valence-electron chi connectivity index (χ0n) is 10.3. The predicted molar refractivity (Wildman–Crippen MR) is 68.1 cm³/mol. The van der Waals surface area contributed by atoms with Crippen molar-refractivity contribution in [3.05, 3.63) is 28.8 Å². The lowest BCUT2D eigenvalue weighted by molar-refractivity contribution is -0.137. The van der Waals surface area contributed by atoms with E-state index in [1.807, 2.05) is 26.0 Å². The van der Waals surface area contributed by atoms with Crippen LogP contribution < -0.4 is 4.74 Å². The van der Waals surface area contributed by atoms with Crippen LogP contribution in [0.1, 0.15) is 23.1 Å². The molecular weight excluding hydrogens is 240 g/mol. The lowest BCUT2D eigenvalue weighted by atomic mass is 9.99. The number of benzene rings is 1. The van der Waals surface area contributed by atoms with Gasteiger partial charge in [-0.1, -0.05) is 6.07 Å². The molecule has 1 aromatic rings. The summed E-state index contributed by atoms with van der Waals surface area (Å²) in [5, 5.41) is 8.29. The van der Waals surface area contributed by atoms with Crippen molar-refractivity contribution in [1.29, 1.82) is 0 Å². The molecule has 0 spiro atoms. The third-order valence-corrected chi connectivity index (χ3v) is 3.00. The molecule has 1 unspecified atom stereocenters. The molecule has 0 amide bonds. The van der Waals surface area contributed by atoms with Gasteiger partial charge in [-0.15, -0.1) is 11.6 Å². The second-order valence-corrected chi connectivity index (χ2v) is 4.76. The zero-order chi connectivity index (χ0) is 13.0. The molecule has 1 rings (SSSR count). The van der Waals surface area contributed by atoms with Crippen LogP contribution in [0.4, 0.5) is 0 Å². The summed E-state index contributed by atoms with van der Waals surface area (Å²) in [5.41, 5.74) is 3.18. The van der Waals surface area contributed by atoms with E-state index < -0.39 is 5.97 Å². The molecule has 94 valence electrons. The average molecular weight is 257 g/mol. The molecule has 1 aromatic carbocycles. The van der Waals surface area contributed by atoms with E-state index in [1.165, 1.54) is 0 Å². The van der Waals surface area contributed by atoms with Gasteiger partial charge in [0.15, 0.2) is 0 Å². The highest BCUT2D eigenvalue weighted by Gasteiger charge is 2.13. The third kappa shape index (κ3) is 3.93. The molecule has 3 nitrogen and oxygen atoms in total. The van der Waals surface area contributed by atoms with E-state index in [-0.39, 0.29) is 11.8 Å². The summed E-state index contributed by atoms with van der Waals surface area (Å²) in [4.78, 5) is 10.5. The molecule has 0 bridgehead atoms. The molecular formula is C13H17ClO3. The van der Waals surface area contributed by atoms with Crippen molar-refractivity contribution in [3.8, 4) is 5.75 Å².